The summed E-state index contributed by atoms with van der Waals surface area (Å²) in [6.45, 7) is 4.26. The second-order valence-corrected chi connectivity index (χ2v) is 3.75. The van der Waals surface area contributed by atoms with Crippen molar-refractivity contribution in [2.75, 3.05) is 19.0 Å². The monoisotopic (exact) mass is 237 g/mol. The normalized spacial score (nSPS) is 9.82. The van der Waals surface area contributed by atoms with Crippen LogP contribution >= 0.6 is 0 Å². The molecule has 0 aliphatic carbocycles. The summed E-state index contributed by atoms with van der Waals surface area (Å²) in [5.41, 5.74) is 0.633. The zero-order chi connectivity index (χ0) is 12.7. The van der Waals surface area contributed by atoms with Gasteiger partial charge in [-0.2, -0.15) is 0 Å². The lowest BCUT2D eigenvalue weighted by Crippen LogP contribution is -2.07. The van der Waals surface area contributed by atoms with Gasteiger partial charge in [-0.05, 0) is 18.6 Å². The first-order valence-corrected chi connectivity index (χ1v) is 5.75. The molecule has 0 aromatic heterocycles. The van der Waals surface area contributed by atoms with Gasteiger partial charge in [-0.3, -0.25) is 4.79 Å². The molecule has 1 aromatic carbocycles. The summed E-state index contributed by atoms with van der Waals surface area (Å²) in [5, 5.41) is 2.71. The highest BCUT2D eigenvalue weighted by Gasteiger charge is 2.06. The average Bonchev–Trinajstić information content (AvgIpc) is 2.29. The molecule has 0 aliphatic rings. The van der Waals surface area contributed by atoms with Gasteiger partial charge in [-0.15, -0.1) is 0 Å². The minimum atomic E-state index is -0.131. The standard InChI is InChI=1S/C13H19NO3/c1-4-5-8-17-11-6-7-13(16-3)12(9-11)14-10(2)15/h6-7,9H,4-5,8H2,1-3H3,(H,14,15). The van der Waals surface area contributed by atoms with Crippen molar-refractivity contribution in [1.29, 1.82) is 0 Å². The van der Waals surface area contributed by atoms with Crippen molar-refractivity contribution in [3.05, 3.63) is 18.2 Å². The van der Waals surface area contributed by atoms with Crippen LogP contribution < -0.4 is 14.8 Å². The molecule has 0 saturated heterocycles. The molecule has 17 heavy (non-hydrogen) atoms. The topological polar surface area (TPSA) is 47.6 Å². The summed E-state index contributed by atoms with van der Waals surface area (Å²) in [6, 6.07) is 5.39. The van der Waals surface area contributed by atoms with E-state index in [0.717, 1.165) is 18.6 Å². The summed E-state index contributed by atoms with van der Waals surface area (Å²) < 4.78 is 10.7. The summed E-state index contributed by atoms with van der Waals surface area (Å²) >= 11 is 0. The van der Waals surface area contributed by atoms with Gasteiger partial charge in [0.15, 0.2) is 0 Å². The molecule has 1 amide bonds. The molecule has 0 unspecified atom stereocenters. The molecule has 1 N–H and O–H groups in total. The van der Waals surface area contributed by atoms with Crippen LogP contribution in [-0.4, -0.2) is 19.6 Å². The van der Waals surface area contributed by atoms with Crippen LogP contribution in [-0.2, 0) is 4.79 Å². The molecule has 1 rings (SSSR count). The number of nitrogens with one attached hydrogen (secondary N) is 1. The quantitative estimate of drug-likeness (QED) is 0.774. The summed E-state index contributed by atoms with van der Waals surface area (Å²) in [5.74, 6) is 1.24. The molecule has 0 heterocycles. The Kier molecular flexibility index (Phi) is 5.33. The number of carbonyl (C=O) groups is 1. The maximum absolute atomic E-state index is 11.0. The second-order valence-electron chi connectivity index (χ2n) is 3.75. The number of hydrogen-bond donors (Lipinski definition) is 1. The number of ether oxygens (including phenoxy) is 2. The van der Waals surface area contributed by atoms with Crippen molar-refractivity contribution in [1.82, 2.24) is 0 Å². The zero-order valence-electron chi connectivity index (χ0n) is 10.6. The van der Waals surface area contributed by atoms with Crippen LogP contribution in [0.5, 0.6) is 11.5 Å². The number of methoxy groups -OCH3 is 1. The van der Waals surface area contributed by atoms with Gasteiger partial charge in [-0.1, -0.05) is 13.3 Å². The highest BCUT2D eigenvalue weighted by molar-refractivity contribution is 5.90. The van der Waals surface area contributed by atoms with Crippen molar-refractivity contribution in [3.63, 3.8) is 0 Å². The fourth-order valence-electron chi connectivity index (χ4n) is 1.40. The van der Waals surface area contributed by atoms with Crippen LogP contribution in [0.3, 0.4) is 0 Å². The lowest BCUT2D eigenvalue weighted by molar-refractivity contribution is -0.114. The highest BCUT2D eigenvalue weighted by Crippen LogP contribution is 2.29. The molecule has 0 atom stereocenters. The van der Waals surface area contributed by atoms with E-state index < -0.39 is 0 Å². The predicted octanol–water partition coefficient (Wildman–Crippen LogP) is 2.83. The average molecular weight is 237 g/mol. The molecule has 0 radical (unpaired) electrons. The van der Waals surface area contributed by atoms with Gasteiger partial charge in [0.1, 0.15) is 11.5 Å². The zero-order valence-corrected chi connectivity index (χ0v) is 10.6. The van der Waals surface area contributed by atoms with Crippen molar-refractivity contribution < 1.29 is 14.3 Å². The van der Waals surface area contributed by atoms with E-state index in [9.17, 15) is 4.79 Å². The first kappa shape index (κ1) is 13.4. The fourth-order valence-corrected chi connectivity index (χ4v) is 1.40. The third-order valence-electron chi connectivity index (χ3n) is 2.25. The van der Waals surface area contributed by atoms with E-state index in [2.05, 4.69) is 12.2 Å². The van der Waals surface area contributed by atoms with E-state index in [1.165, 1.54) is 6.92 Å². The predicted molar refractivity (Wildman–Crippen MR) is 67.7 cm³/mol. The van der Waals surface area contributed by atoms with Gasteiger partial charge in [-0.25, -0.2) is 0 Å². The summed E-state index contributed by atoms with van der Waals surface area (Å²) in [6.07, 6.45) is 2.11. The van der Waals surface area contributed by atoms with E-state index in [1.807, 2.05) is 6.07 Å². The molecule has 1 aromatic rings. The van der Waals surface area contributed by atoms with Gasteiger partial charge >= 0.3 is 0 Å². The second kappa shape index (κ2) is 6.78. The molecule has 0 saturated carbocycles. The van der Waals surface area contributed by atoms with E-state index in [4.69, 9.17) is 9.47 Å². The van der Waals surface area contributed by atoms with Gasteiger partial charge in [0.05, 0.1) is 19.4 Å². The van der Waals surface area contributed by atoms with Crippen LogP contribution in [0.25, 0.3) is 0 Å². The van der Waals surface area contributed by atoms with Gasteiger partial charge < -0.3 is 14.8 Å². The summed E-state index contributed by atoms with van der Waals surface area (Å²) in [4.78, 5) is 11.0. The van der Waals surface area contributed by atoms with Crippen LogP contribution in [0.4, 0.5) is 5.69 Å². The molecular weight excluding hydrogens is 218 g/mol. The third kappa shape index (κ3) is 4.34. The Morgan fingerprint density at radius 3 is 2.76 bits per heavy atom. The third-order valence-corrected chi connectivity index (χ3v) is 2.25. The Labute approximate surface area is 102 Å². The SMILES string of the molecule is CCCCOc1ccc(OC)c(NC(C)=O)c1. The lowest BCUT2D eigenvalue weighted by atomic mass is 10.2. The Morgan fingerprint density at radius 2 is 2.18 bits per heavy atom. The van der Waals surface area contributed by atoms with Crippen molar-refractivity contribution in [2.45, 2.75) is 26.7 Å². The van der Waals surface area contributed by atoms with Crippen LogP contribution in [0.1, 0.15) is 26.7 Å². The molecule has 0 aliphatic heterocycles. The largest absolute Gasteiger partial charge is 0.495 e. The number of benzene rings is 1. The minimum Gasteiger partial charge on any atom is -0.495 e. The number of amides is 1. The molecule has 0 fully saturated rings. The lowest BCUT2D eigenvalue weighted by Gasteiger charge is -2.11. The number of unbranched alkanes of at least 4 members (excludes halogenated alkanes) is 1. The van der Waals surface area contributed by atoms with Crippen molar-refractivity contribution in [2.24, 2.45) is 0 Å². The van der Waals surface area contributed by atoms with Crippen LogP contribution in [0.15, 0.2) is 18.2 Å². The van der Waals surface area contributed by atoms with Gasteiger partial charge in [0.2, 0.25) is 5.91 Å². The Morgan fingerprint density at radius 1 is 1.41 bits per heavy atom. The van der Waals surface area contributed by atoms with Crippen molar-refractivity contribution >= 4 is 11.6 Å². The fraction of sp³-hybridized carbons (Fsp3) is 0.462. The first-order chi connectivity index (χ1) is 8.17. The minimum absolute atomic E-state index is 0.131. The van der Waals surface area contributed by atoms with E-state index >= 15 is 0 Å². The maximum Gasteiger partial charge on any atom is 0.221 e. The number of hydrogen-bond acceptors (Lipinski definition) is 3. The number of anilines is 1. The van der Waals surface area contributed by atoms with Crippen LogP contribution in [0.2, 0.25) is 0 Å². The molecular formula is C13H19NO3. The van der Waals surface area contributed by atoms with Crippen molar-refractivity contribution in [3.8, 4) is 11.5 Å². The smallest absolute Gasteiger partial charge is 0.221 e. The van der Waals surface area contributed by atoms with E-state index in [1.54, 1.807) is 19.2 Å². The molecule has 4 heteroatoms. The maximum atomic E-state index is 11.0. The molecule has 94 valence electrons. The van der Waals surface area contributed by atoms with Gasteiger partial charge in [0, 0.05) is 13.0 Å². The number of carbonyl (C=O) groups excluding carboxylic acids is 1. The molecule has 0 spiro atoms. The highest BCUT2D eigenvalue weighted by atomic mass is 16.5. The van der Waals surface area contributed by atoms with E-state index in [-0.39, 0.29) is 5.91 Å². The molecule has 0 bridgehead atoms. The number of rotatable bonds is 6. The molecule has 4 nitrogen and oxygen atoms in total. The van der Waals surface area contributed by atoms with E-state index in [0.29, 0.717) is 18.0 Å². The Hall–Kier alpha value is -1.71. The first-order valence-electron chi connectivity index (χ1n) is 5.75. The van der Waals surface area contributed by atoms with Gasteiger partial charge in [0.25, 0.3) is 0 Å². The van der Waals surface area contributed by atoms with Crippen LogP contribution in [0, 0.1) is 0 Å². The Balaban J connectivity index is 2.77. The summed E-state index contributed by atoms with van der Waals surface area (Å²) in [7, 11) is 1.57. The Bertz CT molecular complexity index is 377.